The third kappa shape index (κ3) is 2.94. The van der Waals surface area contributed by atoms with Crippen LogP contribution in [0.4, 0.5) is 0 Å². The van der Waals surface area contributed by atoms with Crippen molar-refractivity contribution in [1.29, 1.82) is 0 Å². The molecule has 3 nitrogen and oxygen atoms in total. The molecule has 0 saturated heterocycles. The molecule has 0 spiro atoms. The summed E-state index contributed by atoms with van der Waals surface area (Å²) in [5, 5.41) is 20.9. The molecule has 2 rings (SSSR count). The summed E-state index contributed by atoms with van der Waals surface area (Å²) >= 11 is 0. The van der Waals surface area contributed by atoms with Crippen molar-refractivity contribution in [3.63, 3.8) is 0 Å². The van der Waals surface area contributed by atoms with Crippen LogP contribution in [-0.4, -0.2) is 22.6 Å². The van der Waals surface area contributed by atoms with Gasteiger partial charge in [-0.05, 0) is 48.5 Å². The second-order valence-electron chi connectivity index (χ2n) is 4.28. The zero-order chi connectivity index (χ0) is 12.1. The van der Waals surface area contributed by atoms with Gasteiger partial charge in [-0.15, -0.1) is 0 Å². The van der Waals surface area contributed by atoms with E-state index in [4.69, 9.17) is 10.3 Å². The largest absolute Gasteiger partial charge is 0.411 e. The Bertz CT molecular complexity index is 432. The second-order valence-corrected chi connectivity index (χ2v) is 4.28. The molecule has 0 saturated carbocycles. The lowest BCUT2D eigenvalue weighted by Crippen LogP contribution is -2.03. The summed E-state index contributed by atoms with van der Waals surface area (Å²) in [6.45, 7) is 0.184. The van der Waals surface area contributed by atoms with Gasteiger partial charge in [0.25, 0.3) is 0 Å². The molecule has 1 aromatic carbocycles. The van der Waals surface area contributed by atoms with Gasteiger partial charge in [0.1, 0.15) is 0 Å². The van der Waals surface area contributed by atoms with Crippen LogP contribution in [0.3, 0.4) is 0 Å². The van der Waals surface area contributed by atoms with Crippen molar-refractivity contribution in [2.24, 2.45) is 5.16 Å². The van der Waals surface area contributed by atoms with Gasteiger partial charge in [-0.25, -0.2) is 0 Å². The first-order chi connectivity index (χ1) is 8.33. The molecule has 0 atom stereocenters. The van der Waals surface area contributed by atoms with E-state index in [0.29, 0.717) is 6.42 Å². The van der Waals surface area contributed by atoms with Crippen molar-refractivity contribution in [2.45, 2.75) is 25.7 Å². The molecule has 0 aliphatic heterocycles. The first-order valence-corrected chi connectivity index (χ1v) is 5.95. The van der Waals surface area contributed by atoms with Crippen molar-refractivity contribution in [3.05, 3.63) is 41.5 Å². The minimum absolute atomic E-state index is 0.184. The van der Waals surface area contributed by atoms with E-state index in [1.54, 1.807) is 0 Å². The SMILES string of the molecule is OCCc1ccc(C2=C/C(=N/O)CCC2)cc1. The molecular formula is C14H17NO2. The fourth-order valence-electron chi connectivity index (χ4n) is 2.13. The molecule has 0 heterocycles. The third-order valence-corrected chi connectivity index (χ3v) is 3.07. The third-order valence-electron chi connectivity index (χ3n) is 3.07. The normalized spacial score (nSPS) is 18.2. The predicted molar refractivity (Wildman–Crippen MR) is 68.3 cm³/mol. The van der Waals surface area contributed by atoms with Gasteiger partial charge >= 0.3 is 0 Å². The number of hydrogen-bond donors (Lipinski definition) is 2. The number of aliphatic hydroxyl groups is 1. The van der Waals surface area contributed by atoms with Gasteiger partial charge < -0.3 is 10.3 Å². The molecule has 0 amide bonds. The minimum Gasteiger partial charge on any atom is -0.411 e. The Labute approximate surface area is 101 Å². The fraction of sp³-hybridized carbons (Fsp3) is 0.357. The molecule has 2 N–H and O–H groups in total. The summed E-state index contributed by atoms with van der Waals surface area (Å²) in [7, 11) is 0. The van der Waals surface area contributed by atoms with Gasteiger partial charge in [0.15, 0.2) is 0 Å². The van der Waals surface area contributed by atoms with Crippen LogP contribution in [0, 0.1) is 0 Å². The van der Waals surface area contributed by atoms with Gasteiger partial charge in [-0.3, -0.25) is 0 Å². The summed E-state index contributed by atoms with van der Waals surface area (Å²) < 4.78 is 0. The highest BCUT2D eigenvalue weighted by Crippen LogP contribution is 2.25. The zero-order valence-electron chi connectivity index (χ0n) is 9.76. The number of benzene rings is 1. The van der Waals surface area contributed by atoms with E-state index in [-0.39, 0.29) is 6.61 Å². The van der Waals surface area contributed by atoms with E-state index >= 15 is 0 Å². The lowest BCUT2D eigenvalue weighted by Gasteiger charge is -2.14. The van der Waals surface area contributed by atoms with Crippen LogP contribution < -0.4 is 0 Å². The fourth-order valence-corrected chi connectivity index (χ4v) is 2.13. The average molecular weight is 231 g/mol. The molecule has 1 aliphatic carbocycles. The maximum Gasteiger partial charge on any atom is 0.0798 e. The van der Waals surface area contributed by atoms with Crippen LogP contribution in [0.2, 0.25) is 0 Å². The van der Waals surface area contributed by atoms with Crippen LogP contribution in [-0.2, 0) is 6.42 Å². The number of rotatable bonds is 3. The molecule has 0 aromatic heterocycles. The Balaban J connectivity index is 2.19. The summed E-state index contributed by atoms with van der Waals surface area (Å²) in [4.78, 5) is 0. The Hall–Kier alpha value is -1.61. The van der Waals surface area contributed by atoms with Crippen LogP contribution in [0.25, 0.3) is 5.57 Å². The number of hydrogen-bond acceptors (Lipinski definition) is 3. The number of aliphatic hydroxyl groups excluding tert-OH is 1. The van der Waals surface area contributed by atoms with E-state index in [1.807, 2.05) is 18.2 Å². The predicted octanol–water partition coefficient (Wildman–Crippen LogP) is 2.62. The number of allylic oxidation sites excluding steroid dienone is 2. The molecule has 0 radical (unpaired) electrons. The average Bonchev–Trinajstić information content (AvgIpc) is 2.40. The molecular weight excluding hydrogens is 214 g/mol. The van der Waals surface area contributed by atoms with E-state index in [0.717, 1.165) is 30.5 Å². The standard InChI is InChI=1S/C14H17NO2/c16-9-8-11-4-6-12(7-5-11)13-2-1-3-14(10-13)15-17/h4-7,10,16-17H,1-3,8-9H2/b15-14+. The van der Waals surface area contributed by atoms with Crippen molar-refractivity contribution in [3.8, 4) is 0 Å². The van der Waals surface area contributed by atoms with Crippen LogP contribution in [0.5, 0.6) is 0 Å². The Kier molecular flexibility index (Phi) is 3.94. The van der Waals surface area contributed by atoms with Gasteiger partial charge in [0.2, 0.25) is 0 Å². The topological polar surface area (TPSA) is 52.8 Å². The highest BCUT2D eigenvalue weighted by atomic mass is 16.4. The first kappa shape index (κ1) is 11.9. The van der Waals surface area contributed by atoms with E-state index < -0.39 is 0 Å². The zero-order valence-corrected chi connectivity index (χ0v) is 9.76. The number of nitrogens with zero attached hydrogens (tertiary/aromatic N) is 1. The molecule has 0 bridgehead atoms. The van der Waals surface area contributed by atoms with E-state index in [9.17, 15) is 0 Å². The highest BCUT2D eigenvalue weighted by molar-refractivity contribution is 6.01. The molecule has 3 heteroatoms. The van der Waals surface area contributed by atoms with Crippen molar-refractivity contribution in [1.82, 2.24) is 0 Å². The Morgan fingerprint density at radius 1 is 1.12 bits per heavy atom. The summed E-state index contributed by atoms with van der Waals surface area (Å²) in [5.41, 5.74) is 4.29. The Morgan fingerprint density at radius 3 is 2.53 bits per heavy atom. The highest BCUT2D eigenvalue weighted by Gasteiger charge is 2.10. The monoisotopic (exact) mass is 231 g/mol. The lowest BCUT2D eigenvalue weighted by molar-refractivity contribution is 0.299. The first-order valence-electron chi connectivity index (χ1n) is 5.95. The Morgan fingerprint density at radius 2 is 1.88 bits per heavy atom. The quantitative estimate of drug-likeness (QED) is 0.620. The number of oxime groups is 1. The minimum atomic E-state index is 0.184. The van der Waals surface area contributed by atoms with Gasteiger partial charge in [0.05, 0.1) is 5.71 Å². The molecule has 0 fully saturated rings. The molecule has 1 aliphatic rings. The van der Waals surface area contributed by atoms with Gasteiger partial charge in [0, 0.05) is 6.61 Å². The second kappa shape index (κ2) is 5.64. The van der Waals surface area contributed by atoms with Crippen molar-refractivity contribution in [2.75, 3.05) is 6.61 Å². The van der Waals surface area contributed by atoms with Gasteiger partial charge in [-0.2, -0.15) is 0 Å². The lowest BCUT2D eigenvalue weighted by atomic mass is 9.92. The molecule has 1 aromatic rings. The van der Waals surface area contributed by atoms with Crippen LogP contribution in [0.1, 0.15) is 30.4 Å². The van der Waals surface area contributed by atoms with Crippen molar-refractivity contribution >= 4 is 11.3 Å². The van der Waals surface area contributed by atoms with E-state index in [2.05, 4.69) is 17.3 Å². The van der Waals surface area contributed by atoms with Crippen molar-refractivity contribution < 1.29 is 10.3 Å². The summed E-state index contributed by atoms with van der Waals surface area (Å²) in [5.74, 6) is 0. The molecule has 17 heavy (non-hydrogen) atoms. The van der Waals surface area contributed by atoms with Crippen LogP contribution >= 0.6 is 0 Å². The summed E-state index contributed by atoms with van der Waals surface area (Å²) in [6, 6.07) is 8.21. The maximum atomic E-state index is 8.85. The van der Waals surface area contributed by atoms with Crippen LogP contribution in [0.15, 0.2) is 35.5 Å². The molecule has 90 valence electrons. The smallest absolute Gasteiger partial charge is 0.0798 e. The summed E-state index contributed by atoms with van der Waals surface area (Å²) in [6.07, 6.45) is 5.57. The molecule has 0 unspecified atom stereocenters. The van der Waals surface area contributed by atoms with E-state index in [1.165, 1.54) is 11.1 Å². The van der Waals surface area contributed by atoms with Gasteiger partial charge in [-0.1, -0.05) is 29.4 Å². The maximum absolute atomic E-state index is 8.85.